The van der Waals surface area contributed by atoms with E-state index in [1.807, 2.05) is 60.4 Å². The number of rotatable bonds is 5. The van der Waals surface area contributed by atoms with E-state index in [0.717, 1.165) is 11.1 Å². The van der Waals surface area contributed by atoms with Crippen molar-refractivity contribution in [2.75, 3.05) is 12.3 Å². The molecule has 2 aromatic rings. The zero-order chi connectivity index (χ0) is 15.2. The Morgan fingerprint density at radius 2 is 1.86 bits per heavy atom. The molecular formula is C17H19ClN2O. The van der Waals surface area contributed by atoms with Gasteiger partial charge in [-0.3, -0.25) is 4.79 Å². The Bertz CT molecular complexity index is 610. The fourth-order valence-corrected chi connectivity index (χ4v) is 2.37. The molecule has 0 aliphatic heterocycles. The molecular weight excluding hydrogens is 284 g/mol. The molecule has 0 atom stereocenters. The van der Waals surface area contributed by atoms with Gasteiger partial charge in [-0.1, -0.05) is 35.9 Å². The van der Waals surface area contributed by atoms with Gasteiger partial charge in [-0.05, 0) is 42.3 Å². The molecule has 4 heteroatoms. The molecule has 110 valence electrons. The summed E-state index contributed by atoms with van der Waals surface area (Å²) in [5, 5.41) is 0.689. The van der Waals surface area contributed by atoms with E-state index in [4.69, 9.17) is 17.3 Å². The van der Waals surface area contributed by atoms with E-state index in [-0.39, 0.29) is 5.91 Å². The second-order valence-corrected chi connectivity index (χ2v) is 5.39. The molecule has 0 bridgehead atoms. The lowest BCUT2D eigenvalue weighted by Gasteiger charge is -2.21. The van der Waals surface area contributed by atoms with Crippen molar-refractivity contribution in [2.45, 2.75) is 19.9 Å². The van der Waals surface area contributed by atoms with Crippen LogP contribution in [0.2, 0.25) is 5.02 Å². The Morgan fingerprint density at radius 1 is 1.14 bits per heavy atom. The van der Waals surface area contributed by atoms with Crippen LogP contribution in [0.4, 0.5) is 5.69 Å². The minimum atomic E-state index is 0.0993. The number of anilines is 1. The highest BCUT2D eigenvalue weighted by molar-refractivity contribution is 6.30. The summed E-state index contributed by atoms with van der Waals surface area (Å²) in [6.07, 6.45) is 0.384. The van der Waals surface area contributed by atoms with Crippen LogP contribution in [0.1, 0.15) is 18.1 Å². The molecule has 0 aliphatic carbocycles. The second-order valence-electron chi connectivity index (χ2n) is 4.96. The van der Waals surface area contributed by atoms with E-state index in [9.17, 15) is 4.79 Å². The number of carbonyl (C=O) groups is 1. The lowest BCUT2D eigenvalue weighted by molar-refractivity contribution is -0.130. The summed E-state index contributed by atoms with van der Waals surface area (Å²) in [6, 6.07) is 15.0. The van der Waals surface area contributed by atoms with Gasteiger partial charge in [-0.15, -0.1) is 0 Å². The first-order valence-electron chi connectivity index (χ1n) is 6.95. The molecule has 1 amide bonds. The number of nitrogen functional groups attached to an aromatic ring is 1. The van der Waals surface area contributed by atoms with E-state index in [1.165, 1.54) is 0 Å². The Balaban J connectivity index is 2.03. The predicted molar refractivity (Wildman–Crippen MR) is 87.1 cm³/mol. The van der Waals surface area contributed by atoms with Gasteiger partial charge in [0.25, 0.3) is 0 Å². The number of hydrogen-bond donors (Lipinski definition) is 1. The summed E-state index contributed by atoms with van der Waals surface area (Å²) in [7, 11) is 0. The molecule has 2 rings (SSSR count). The van der Waals surface area contributed by atoms with Crippen molar-refractivity contribution in [3.63, 3.8) is 0 Å². The molecule has 0 unspecified atom stereocenters. The van der Waals surface area contributed by atoms with E-state index in [1.54, 1.807) is 0 Å². The third-order valence-corrected chi connectivity index (χ3v) is 3.57. The number of amides is 1. The van der Waals surface area contributed by atoms with Crippen LogP contribution in [0.5, 0.6) is 0 Å². The van der Waals surface area contributed by atoms with Crippen molar-refractivity contribution >= 4 is 23.2 Å². The molecule has 0 radical (unpaired) electrons. The first kappa shape index (κ1) is 15.4. The highest BCUT2D eigenvalue weighted by Gasteiger charge is 2.13. The molecule has 2 aromatic carbocycles. The van der Waals surface area contributed by atoms with Crippen molar-refractivity contribution in [3.05, 3.63) is 64.7 Å². The van der Waals surface area contributed by atoms with Crippen LogP contribution in [0.15, 0.2) is 48.5 Å². The van der Waals surface area contributed by atoms with E-state index in [2.05, 4.69) is 0 Å². The van der Waals surface area contributed by atoms with Gasteiger partial charge in [-0.25, -0.2) is 0 Å². The third kappa shape index (κ3) is 4.50. The summed E-state index contributed by atoms with van der Waals surface area (Å²) in [5.74, 6) is 0.0993. The number of hydrogen-bond acceptors (Lipinski definition) is 2. The number of likely N-dealkylation sites (N-methyl/N-ethyl adjacent to an activating group) is 1. The van der Waals surface area contributed by atoms with Crippen LogP contribution < -0.4 is 5.73 Å². The molecule has 0 spiro atoms. The van der Waals surface area contributed by atoms with Crippen LogP contribution in [-0.4, -0.2) is 17.4 Å². The molecule has 0 aromatic heterocycles. The molecule has 0 saturated heterocycles. The summed E-state index contributed by atoms with van der Waals surface area (Å²) >= 11 is 5.98. The highest BCUT2D eigenvalue weighted by Crippen LogP contribution is 2.14. The predicted octanol–water partition coefficient (Wildman–Crippen LogP) is 3.51. The van der Waals surface area contributed by atoms with Gasteiger partial charge in [0.1, 0.15) is 0 Å². The Kier molecular flexibility index (Phi) is 5.23. The maximum atomic E-state index is 12.4. The number of halogens is 1. The van der Waals surface area contributed by atoms with Crippen molar-refractivity contribution in [1.82, 2.24) is 4.90 Å². The van der Waals surface area contributed by atoms with Gasteiger partial charge in [0, 0.05) is 23.8 Å². The van der Waals surface area contributed by atoms with Crippen LogP contribution >= 0.6 is 11.6 Å². The van der Waals surface area contributed by atoms with Crippen LogP contribution in [0.25, 0.3) is 0 Å². The monoisotopic (exact) mass is 302 g/mol. The fraction of sp³-hybridized carbons (Fsp3) is 0.235. The van der Waals surface area contributed by atoms with E-state index in [0.29, 0.717) is 30.2 Å². The zero-order valence-electron chi connectivity index (χ0n) is 12.1. The van der Waals surface area contributed by atoms with Gasteiger partial charge in [-0.2, -0.15) is 0 Å². The topological polar surface area (TPSA) is 46.3 Å². The van der Waals surface area contributed by atoms with Crippen LogP contribution in [-0.2, 0) is 17.8 Å². The largest absolute Gasteiger partial charge is 0.399 e. The lowest BCUT2D eigenvalue weighted by atomic mass is 10.1. The van der Waals surface area contributed by atoms with E-state index >= 15 is 0 Å². The number of nitrogens with two attached hydrogens (primary N) is 1. The first-order valence-corrected chi connectivity index (χ1v) is 7.33. The number of benzene rings is 2. The summed E-state index contributed by atoms with van der Waals surface area (Å²) in [5.41, 5.74) is 8.37. The van der Waals surface area contributed by atoms with Gasteiger partial charge < -0.3 is 10.6 Å². The SMILES string of the molecule is CCN(Cc1cccc(Cl)c1)C(=O)Cc1ccc(N)cc1. The average molecular weight is 303 g/mol. The minimum absolute atomic E-state index is 0.0993. The Labute approximate surface area is 130 Å². The van der Waals surface area contributed by atoms with Crippen LogP contribution in [0, 0.1) is 0 Å². The summed E-state index contributed by atoms with van der Waals surface area (Å²) in [6.45, 7) is 3.22. The molecule has 0 saturated carbocycles. The maximum absolute atomic E-state index is 12.4. The first-order chi connectivity index (χ1) is 10.1. The van der Waals surface area contributed by atoms with Crippen LogP contribution in [0.3, 0.4) is 0 Å². The van der Waals surface area contributed by atoms with Gasteiger partial charge >= 0.3 is 0 Å². The number of nitrogens with zero attached hydrogens (tertiary/aromatic N) is 1. The molecule has 0 aliphatic rings. The highest BCUT2D eigenvalue weighted by atomic mass is 35.5. The molecule has 3 nitrogen and oxygen atoms in total. The normalized spacial score (nSPS) is 10.4. The lowest BCUT2D eigenvalue weighted by Crippen LogP contribution is -2.31. The van der Waals surface area contributed by atoms with Gasteiger partial charge in [0.05, 0.1) is 6.42 Å². The summed E-state index contributed by atoms with van der Waals surface area (Å²) < 4.78 is 0. The van der Waals surface area contributed by atoms with Gasteiger partial charge in [0.2, 0.25) is 5.91 Å². The quantitative estimate of drug-likeness (QED) is 0.859. The van der Waals surface area contributed by atoms with Crippen molar-refractivity contribution in [3.8, 4) is 0 Å². The standard InChI is InChI=1S/C17H19ClN2O/c1-2-20(12-14-4-3-5-15(18)10-14)17(21)11-13-6-8-16(19)9-7-13/h3-10H,2,11-12,19H2,1H3. The maximum Gasteiger partial charge on any atom is 0.227 e. The minimum Gasteiger partial charge on any atom is -0.399 e. The van der Waals surface area contributed by atoms with Crippen molar-refractivity contribution < 1.29 is 4.79 Å². The van der Waals surface area contributed by atoms with Crippen molar-refractivity contribution in [1.29, 1.82) is 0 Å². The second kappa shape index (κ2) is 7.14. The zero-order valence-corrected chi connectivity index (χ0v) is 12.8. The molecule has 0 fully saturated rings. The molecule has 2 N–H and O–H groups in total. The summed E-state index contributed by atoms with van der Waals surface area (Å²) in [4.78, 5) is 14.2. The Hall–Kier alpha value is -2.00. The van der Waals surface area contributed by atoms with E-state index < -0.39 is 0 Å². The third-order valence-electron chi connectivity index (χ3n) is 3.33. The smallest absolute Gasteiger partial charge is 0.227 e. The fourth-order valence-electron chi connectivity index (χ4n) is 2.15. The molecule has 0 heterocycles. The van der Waals surface area contributed by atoms with Crippen molar-refractivity contribution in [2.24, 2.45) is 0 Å². The average Bonchev–Trinajstić information content (AvgIpc) is 2.47. The molecule has 21 heavy (non-hydrogen) atoms. The number of carbonyl (C=O) groups excluding carboxylic acids is 1. The van der Waals surface area contributed by atoms with Gasteiger partial charge in [0.15, 0.2) is 0 Å². The Morgan fingerprint density at radius 3 is 2.48 bits per heavy atom.